The third-order valence-electron chi connectivity index (χ3n) is 5.91. The molecule has 0 saturated heterocycles. The molecule has 0 aliphatic heterocycles. The Hall–Kier alpha value is -1.12. The normalized spacial score (nSPS) is 39.4. The zero-order valence-corrected chi connectivity index (χ0v) is 14.5. The van der Waals surface area contributed by atoms with Crippen molar-refractivity contribution < 1.29 is 14.7 Å². The van der Waals surface area contributed by atoms with E-state index in [1.165, 1.54) is 0 Å². The summed E-state index contributed by atoms with van der Waals surface area (Å²) in [6, 6.07) is 0. The molecule has 0 aromatic carbocycles. The van der Waals surface area contributed by atoms with E-state index in [4.69, 9.17) is 0 Å². The summed E-state index contributed by atoms with van der Waals surface area (Å²) in [5, 5.41) is 10.1. The van der Waals surface area contributed by atoms with E-state index in [1.807, 2.05) is 0 Å². The molecule has 0 heterocycles. The van der Waals surface area contributed by atoms with Crippen molar-refractivity contribution >= 4 is 11.8 Å². The average molecular weight is 304 g/mol. The van der Waals surface area contributed by atoms with Gasteiger partial charge in [0.25, 0.3) is 0 Å². The number of hydrogen-bond acceptors (Lipinski definition) is 2. The lowest BCUT2D eigenvalue weighted by Crippen LogP contribution is -2.54. The second-order valence-electron chi connectivity index (χ2n) is 9.99. The van der Waals surface area contributed by atoms with Crippen molar-refractivity contribution in [1.29, 1.82) is 0 Å². The van der Waals surface area contributed by atoms with Crippen LogP contribution in [0.1, 0.15) is 73.1 Å². The van der Waals surface area contributed by atoms with Crippen LogP contribution in [0.5, 0.6) is 0 Å². The Bertz CT molecular complexity index is 596. The molecule has 3 heteroatoms. The molecule has 0 aromatic heterocycles. The minimum Gasteiger partial charge on any atom is -0.481 e. The maximum Gasteiger partial charge on any atom is 0.314 e. The first-order valence-corrected chi connectivity index (χ1v) is 8.37. The molecule has 0 spiro atoms. The predicted octanol–water partition coefficient (Wildman–Crippen LogP) is 4.36. The fraction of sp³-hybridized carbons (Fsp3) is 0.789. The van der Waals surface area contributed by atoms with Crippen LogP contribution in [-0.4, -0.2) is 16.9 Å². The summed E-state index contributed by atoms with van der Waals surface area (Å²) >= 11 is 0. The van der Waals surface area contributed by atoms with Gasteiger partial charge in [0.15, 0.2) is 5.78 Å². The zero-order valence-electron chi connectivity index (χ0n) is 14.5. The Kier molecular flexibility index (Phi) is 3.04. The number of rotatable bonds is 1. The molecule has 122 valence electrons. The van der Waals surface area contributed by atoms with Gasteiger partial charge in [-0.05, 0) is 48.3 Å². The van der Waals surface area contributed by atoms with Crippen molar-refractivity contribution in [1.82, 2.24) is 0 Å². The number of hydrogen-bond donors (Lipinski definition) is 1. The molecule has 2 bridgehead atoms. The van der Waals surface area contributed by atoms with Gasteiger partial charge in [0.2, 0.25) is 0 Å². The van der Waals surface area contributed by atoms with Gasteiger partial charge in [0, 0.05) is 12.0 Å². The van der Waals surface area contributed by atoms with Crippen LogP contribution in [0.4, 0.5) is 0 Å². The fourth-order valence-corrected chi connectivity index (χ4v) is 6.17. The highest BCUT2D eigenvalue weighted by Crippen LogP contribution is 2.65. The molecule has 1 fully saturated rings. The van der Waals surface area contributed by atoms with Gasteiger partial charge in [0.05, 0.1) is 5.41 Å². The van der Waals surface area contributed by atoms with Crippen molar-refractivity contribution in [2.75, 3.05) is 0 Å². The van der Waals surface area contributed by atoms with E-state index in [0.29, 0.717) is 24.8 Å². The monoisotopic (exact) mass is 304 g/mol. The van der Waals surface area contributed by atoms with Crippen LogP contribution >= 0.6 is 0 Å². The molecule has 0 aromatic rings. The summed E-state index contributed by atoms with van der Waals surface area (Å²) in [7, 11) is 0. The van der Waals surface area contributed by atoms with Crippen molar-refractivity contribution in [3.8, 4) is 0 Å². The number of carboxylic acids is 1. The standard InChI is InChI=1S/C19H28O3/c1-16(2)6-12-7-18(5)9-17(3,4)10-19(11-18,15(21)22)14(12)13(20)8-16/h6-11H2,1-5H3,(H,21,22)/t18-,19+/m0/s1. The lowest BCUT2D eigenvalue weighted by atomic mass is 9.45. The molecule has 3 nitrogen and oxygen atoms in total. The van der Waals surface area contributed by atoms with Crippen molar-refractivity contribution in [3.05, 3.63) is 11.1 Å². The number of carboxylic acid groups (broad SMARTS) is 1. The molecular weight excluding hydrogens is 276 g/mol. The van der Waals surface area contributed by atoms with Gasteiger partial charge in [-0.2, -0.15) is 0 Å². The number of carbonyl (C=O) groups excluding carboxylic acids is 1. The first kappa shape index (κ1) is 15.8. The third-order valence-corrected chi connectivity index (χ3v) is 5.91. The Labute approximate surface area is 133 Å². The number of allylic oxidation sites excluding steroid dienone is 1. The molecule has 3 aliphatic rings. The van der Waals surface area contributed by atoms with Gasteiger partial charge < -0.3 is 5.11 Å². The third kappa shape index (κ3) is 2.24. The number of carbonyl (C=O) groups is 2. The quantitative estimate of drug-likeness (QED) is 0.783. The van der Waals surface area contributed by atoms with Crippen LogP contribution in [0.2, 0.25) is 0 Å². The number of Topliss-reactive ketones (excluding diaryl/α,β-unsaturated/α-hetero) is 1. The Morgan fingerprint density at radius 3 is 2.14 bits per heavy atom. The largest absolute Gasteiger partial charge is 0.481 e. The summed E-state index contributed by atoms with van der Waals surface area (Å²) in [6.07, 6.45) is 4.52. The summed E-state index contributed by atoms with van der Waals surface area (Å²) in [5.41, 5.74) is 0.826. The van der Waals surface area contributed by atoms with E-state index in [-0.39, 0.29) is 22.0 Å². The molecule has 1 saturated carbocycles. The molecule has 3 rings (SSSR count). The van der Waals surface area contributed by atoms with Gasteiger partial charge in [0.1, 0.15) is 0 Å². The van der Waals surface area contributed by atoms with Gasteiger partial charge >= 0.3 is 5.97 Å². The lowest BCUT2D eigenvalue weighted by Gasteiger charge is -2.57. The van der Waals surface area contributed by atoms with E-state index in [1.54, 1.807) is 0 Å². The SMILES string of the molecule is CC1(C)CC(=O)C2=C(C1)C[C@@]1(C)CC(C)(C)C[C@@]2(C(=O)O)C1. The van der Waals surface area contributed by atoms with Gasteiger partial charge in [-0.3, -0.25) is 9.59 Å². The minimum atomic E-state index is -0.947. The van der Waals surface area contributed by atoms with Crippen molar-refractivity contribution in [3.63, 3.8) is 0 Å². The maximum absolute atomic E-state index is 12.8. The Balaban J connectivity index is 2.22. The van der Waals surface area contributed by atoms with Crippen LogP contribution in [0.15, 0.2) is 11.1 Å². The number of fused-ring (bicyclic) bond motifs is 3. The maximum atomic E-state index is 12.8. The second-order valence-corrected chi connectivity index (χ2v) is 9.99. The van der Waals surface area contributed by atoms with Gasteiger partial charge in [-0.1, -0.05) is 40.2 Å². The summed E-state index contributed by atoms with van der Waals surface area (Å²) in [4.78, 5) is 25.1. The smallest absolute Gasteiger partial charge is 0.314 e. The summed E-state index contributed by atoms with van der Waals surface area (Å²) in [5.74, 6) is -0.694. The van der Waals surface area contributed by atoms with E-state index in [9.17, 15) is 14.7 Å². The van der Waals surface area contributed by atoms with Crippen LogP contribution in [0, 0.1) is 21.7 Å². The first-order chi connectivity index (χ1) is 9.88. The molecule has 0 radical (unpaired) electrons. The first-order valence-electron chi connectivity index (χ1n) is 8.37. The van der Waals surface area contributed by atoms with E-state index in [2.05, 4.69) is 34.6 Å². The number of ketones is 1. The van der Waals surface area contributed by atoms with Crippen LogP contribution in [0.3, 0.4) is 0 Å². The van der Waals surface area contributed by atoms with Crippen LogP contribution in [0.25, 0.3) is 0 Å². The van der Waals surface area contributed by atoms with Crippen molar-refractivity contribution in [2.24, 2.45) is 21.7 Å². The lowest BCUT2D eigenvalue weighted by molar-refractivity contribution is -0.158. The van der Waals surface area contributed by atoms with E-state index < -0.39 is 11.4 Å². The molecule has 0 unspecified atom stereocenters. The highest BCUT2D eigenvalue weighted by Gasteiger charge is 2.61. The Morgan fingerprint density at radius 1 is 0.909 bits per heavy atom. The van der Waals surface area contributed by atoms with Crippen LogP contribution < -0.4 is 0 Å². The van der Waals surface area contributed by atoms with Crippen LogP contribution in [-0.2, 0) is 9.59 Å². The summed E-state index contributed by atoms with van der Waals surface area (Å²) < 4.78 is 0. The summed E-state index contributed by atoms with van der Waals surface area (Å²) in [6.45, 7) is 10.8. The molecule has 2 atom stereocenters. The van der Waals surface area contributed by atoms with E-state index >= 15 is 0 Å². The zero-order chi connectivity index (χ0) is 16.6. The topological polar surface area (TPSA) is 54.4 Å². The molecule has 22 heavy (non-hydrogen) atoms. The predicted molar refractivity (Wildman–Crippen MR) is 85.5 cm³/mol. The second kappa shape index (κ2) is 4.24. The Morgan fingerprint density at radius 2 is 1.55 bits per heavy atom. The fourth-order valence-electron chi connectivity index (χ4n) is 6.17. The molecular formula is C19H28O3. The molecule has 3 aliphatic carbocycles. The highest BCUT2D eigenvalue weighted by atomic mass is 16.4. The van der Waals surface area contributed by atoms with Gasteiger partial charge in [-0.15, -0.1) is 0 Å². The van der Waals surface area contributed by atoms with E-state index in [0.717, 1.165) is 24.8 Å². The average Bonchev–Trinajstić information content (AvgIpc) is 2.20. The molecule has 0 amide bonds. The molecule has 1 N–H and O–H groups in total. The minimum absolute atomic E-state index is 0.00662. The highest BCUT2D eigenvalue weighted by molar-refractivity contribution is 6.04. The number of aliphatic carboxylic acids is 1. The van der Waals surface area contributed by atoms with Crippen molar-refractivity contribution in [2.45, 2.75) is 73.1 Å². The van der Waals surface area contributed by atoms with Gasteiger partial charge in [-0.25, -0.2) is 0 Å².